The molecule has 0 amide bonds. The number of aryl methyl sites for hydroxylation is 1. The van der Waals surface area contributed by atoms with E-state index in [1.807, 2.05) is 12.1 Å². The third-order valence-corrected chi connectivity index (χ3v) is 3.59. The first kappa shape index (κ1) is 11.3. The Bertz CT molecular complexity index is 382. The second-order valence-electron chi connectivity index (χ2n) is 5.82. The highest BCUT2D eigenvalue weighted by atomic mass is 14.9. The Morgan fingerprint density at radius 1 is 1.38 bits per heavy atom. The summed E-state index contributed by atoms with van der Waals surface area (Å²) < 4.78 is 0. The maximum absolute atomic E-state index is 5.82. The zero-order chi connectivity index (χ0) is 11.8. The minimum absolute atomic E-state index is 0.492. The van der Waals surface area contributed by atoms with Crippen molar-refractivity contribution in [3.63, 3.8) is 0 Å². The van der Waals surface area contributed by atoms with Crippen molar-refractivity contribution in [2.24, 2.45) is 5.41 Å². The van der Waals surface area contributed by atoms with E-state index in [-0.39, 0.29) is 0 Å². The molecule has 88 valence electrons. The number of rotatable bonds is 2. The van der Waals surface area contributed by atoms with E-state index < -0.39 is 0 Å². The fourth-order valence-electron chi connectivity index (χ4n) is 2.57. The summed E-state index contributed by atoms with van der Waals surface area (Å²) in [7, 11) is 0. The van der Waals surface area contributed by atoms with Crippen LogP contribution in [0.2, 0.25) is 0 Å². The lowest BCUT2D eigenvalue weighted by Gasteiger charge is -2.19. The van der Waals surface area contributed by atoms with Crippen molar-refractivity contribution in [1.82, 2.24) is 0 Å². The van der Waals surface area contributed by atoms with Crippen LogP contribution in [0.15, 0.2) is 18.2 Å². The molecule has 1 saturated carbocycles. The van der Waals surface area contributed by atoms with Crippen molar-refractivity contribution in [2.75, 3.05) is 11.1 Å². The Morgan fingerprint density at radius 2 is 2.12 bits per heavy atom. The summed E-state index contributed by atoms with van der Waals surface area (Å²) in [6.45, 7) is 6.82. The highest BCUT2D eigenvalue weighted by Gasteiger charge is 2.30. The van der Waals surface area contributed by atoms with Crippen LogP contribution in [0.25, 0.3) is 0 Å². The summed E-state index contributed by atoms with van der Waals surface area (Å²) in [6.07, 6.45) is 3.83. The Kier molecular flexibility index (Phi) is 2.83. The molecule has 1 aromatic carbocycles. The van der Waals surface area contributed by atoms with Crippen molar-refractivity contribution in [1.29, 1.82) is 0 Å². The highest BCUT2D eigenvalue weighted by molar-refractivity contribution is 5.59. The van der Waals surface area contributed by atoms with Crippen molar-refractivity contribution in [2.45, 2.75) is 46.1 Å². The molecule has 0 aromatic heterocycles. The van der Waals surface area contributed by atoms with Gasteiger partial charge in [-0.2, -0.15) is 0 Å². The SMILES string of the molecule is Cc1ccc(N)cc1NC1CCC(C)(C)C1. The maximum atomic E-state index is 5.82. The summed E-state index contributed by atoms with van der Waals surface area (Å²) in [5, 5.41) is 3.63. The van der Waals surface area contributed by atoms with Crippen molar-refractivity contribution in [3.05, 3.63) is 23.8 Å². The summed E-state index contributed by atoms with van der Waals surface area (Å²) in [5.41, 5.74) is 9.62. The molecule has 16 heavy (non-hydrogen) atoms. The van der Waals surface area contributed by atoms with Gasteiger partial charge < -0.3 is 11.1 Å². The predicted molar refractivity (Wildman–Crippen MR) is 70.6 cm³/mol. The number of nitrogens with one attached hydrogen (secondary N) is 1. The molecule has 2 heteroatoms. The first-order valence-electron chi connectivity index (χ1n) is 6.09. The lowest BCUT2D eigenvalue weighted by atomic mass is 9.92. The molecule has 1 unspecified atom stereocenters. The molecule has 1 atom stereocenters. The standard InChI is InChI=1S/C14H22N2/c1-10-4-5-11(15)8-13(10)16-12-6-7-14(2,3)9-12/h4-5,8,12,16H,6-7,9,15H2,1-3H3. The number of hydrogen-bond acceptors (Lipinski definition) is 2. The zero-order valence-corrected chi connectivity index (χ0v) is 10.5. The molecule has 1 aliphatic rings. The van der Waals surface area contributed by atoms with Gasteiger partial charge in [0.05, 0.1) is 0 Å². The van der Waals surface area contributed by atoms with Gasteiger partial charge in [0, 0.05) is 17.4 Å². The van der Waals surface area contributed by atoms with Crippen LogP contribution in [0, 0.1) is 12.3 Å². The minimum Gasteiger partial charge on any atom is -0.399 e. The van der Waals surface area contributed by atoms with Gasteiger partial charge in [-0.3, -0.25) is 0 Å². The molecule has 1 fully saturated rings. The smallest absolute Gasteiger partial charge is 0.0392 e. The van der Waals surface area contributed by atoms with Gasteiger partial charge in [-0.15, -0.1) is 0 Å². The van der Waals surface area contributed by atoms with Gasteiger partial charge in [0.25, 0.3) is 0 Å². The Balaban J connectivity index is 2.07. The topological polar surface area (TPSA) is 38.0 Å². The lowest BCUT2D eigenvalue weighted by molar-refractivity contribution is 0.378. The Morgan fingerprint density at radius 3 is 2.75 bits per heavy atom. The molecule has 0 aliphatic heterocycles. The van der Waals surface area contributed by atoms with Crippen LogP contribution in [-0.2, 0) is 0 Å². The Hall–Kier alpha value is -1.18. The van der Waals surface area contributed by atoms with E-state index in [4.69, 9.17) is 5.73 Å². The van der Waals surface area contributed by atoms with E-state index in [0.29, 0.717) is 11.5 Å². The fourth-order valence-corrected chi connectivity index (χ4v) is 2.57. The molecule has 1 aliphatic carbocycles. The number of anilines is 2. The molecule has 2 rings (SSSR count). The van der Waals surface area contributed by atoms with Gasteiger partial charge in [0.15, 0.2) is 0 Å². The molecular formula is C14H22N2. The maximum Gasteiger partial charge on any atom is 0.0392 e. The molecule has 0 saturated heterocycles. The van der Waals surface area contributed by atoms with Gasteiger partial charge in [-0.05, 0) is 49.3 Å². The molecule has 0 radical (unpaired) electrons. The molecule has 2 nitrogen and oxygen atoms in total. The number of benzene rings is 1. The third kappa shape index (κ3) is 2.49. The summed E-state index contributed by atoms with van der Waals surface area (Å²) in [5.74, 6) is 0. The fraction of sp³-hybridized carbons (Fsp3) is 0.571. The number of hydrogen-bond donors (Lipinski definition) is 2. The van der Waals surface area contributed by atoms with Gasteiger partial charge >= 0.3 is 0 Å². The average molecular weight is 218 g/mol. The average Bonchev–Trinajstić information content (AvgIpc) is 2.52. The summed E-state index contributed by atoms with van der Waals surface area (Å²) >= 11 is 0. The van der Waals surface area contributed by atoms with Crippen molar-refractivity contribution < 1.29 is 0 Å². The first-order chi connectivity index (χ1) is 7.46. The molecule has 1 aromatic rings. The second-order valence-corrected chi connectivity index (χ2v) is 5.82. The Labute approximate surface area is 98.2 Å². The van der Waals surface area contributed by atoms with Crippen molar-refractivity contribution in [3.8, 4) is 0 Å². The van der Waals surface area contributed by atoms with E-state index in [9.17, 15) is 0 Å². The van der Waals surface area contributed by atoms with E-state index in [0.717, 1.165) is 5.69 Å². The van der Waals surface area contributed by atoms with Crippen LogP contribution in [0.3, 0.4) is 0 Å². The number of nitrogen functional groups attached to an aromatic ring is 1. The molecule has 0 heterocycles. The zero-order valence-electron chi connectivity index (χ0n) is 10.5. The molecular weight excluding hydrogens is 196 g/mol. The van der Waals surface area contributed by atoms with Gasteiger partial charge in [-0.1, -0.05) is 19.9 Å². The highest BCUT2D eigenvalue weighted by Crippen LogP contribution is 2.38. The lowest BCUT2D eigenvalue weighted by Crippen LogP contribution is -2.18. The largest absolute Gasteiger partial charge is 0.399 e. The van der Waals surface area contributed by atoms with Crippen LogP contribution in [0.5, 0.6) is 0 Å². The number of nitrogens with two attached hydrogens (primary N) is 1. The summed E-state index contributed by atoms with van der Waals surface area (Å²) in [4.78, 5) is 0. The molecule has 3 N–H and O–H groups in total. The normalized spacial score (nSPS) is 23.3. The van der Waals surface area contributed by atoms with E-state index in [2.05, 4.69) is 32.2 Å². The van der Waals surface area contributed by atoms with Gasteiger partial charge in [-0.25, -0.2) is 0 Å². The first-order valence-corrected chi connectivity index (χ1v) is 6.09. The quantitative estimate of drug-likeness (QED) is 0.745. The minimum atomic E-state index is 0.492. The van der Waals surface area contributed by atoms with Gasteiger partial charge in [0.2, 0.25) is 0 Å². The second kappa shape index (κ2) is 4.00. The van der Waals surface area contributed by atoms with Gasteiger partial charge in [0.1, 0.15) is 0 Å². The monoisotopic (exact) mass is 218 g/mol. The summed E-state index contributed by atoms with van der Waals surface area (Å²) in [6, 6.07) is 6.69. The molecule has 0 bridgehead atoms. The van der Waals surface area contributed by atoms with E-state index >= 15 is 0 Å². The van der Waals surface area contributed by atoms with Crippen LogP contribution in [0.4, 0.5) is 11.4 Å². The van der Waals surface area contributed by atoms with E-state index in [1.54, 1.807) is 0 Å². The predicted octanol–water partition coefficient (Wildman–Crippen LogP) is 3.57. The van der Waals surface area contributed by atoms with E-state index in [1.165, 1.54) is 30.5 Å². The van der Waals surface area contributed by atoms with Crippen LogP contribution in [0.1, 0.15) is 38.7 Å². The van der Waals surface area contributed by atoms with Crippen LogP contribution >= 0.6 is 0 Å². The van der Waals surface area contributed by atoms with Crippen LogP contribution in [-0.4, -0.2) is 6.04 Å². The van der Waals surface area contributed by atoms with Crippen LogP contribution < -0.4 is 11.1 Å². The molecule has 0 spiro atoms. The van der Waals surface area contributed by atoms with Crippen molar-refractivity contribution >= 4 is 11.4 Å². The third-order valence-electron chi connectivity index (χ3n) is 3.59.